The van der Waals surface area contributed by atoms with Crippen LogP contribution in [0.15, 0.2) is 48.5 Å². The zero-order valence-corrected chi connectivity index (χ0v) is 19.1. The van der Waals surface area contributed by atoms with E-state index in [1.54, 1.807) is 38.5 Å². The Labute approximate surface area is 183 Å². The number of methoxy groups -OCH3 is 2. The normalized spacial score (nSPS) is 26.3. The molecule has 1 N–H and O–H groups in total. The molecule has 29 heavy (non-hydrogen) atoms. The molecule has 1 unspecified atom stereocenters. The number of carbonyl (C=O) groups excluding carboxylic acids is 1. The SMILES string of the molecule is CC[N+]1(C)CC[C@@](O)(c2ccc(OC)cc2)[C@H](C(=O)c2ccc(OC)cc2)C1.[Br-]. The average Bonchev–Trinajstić information content (AvgIpc) is 2.75. The number of ketones is 1. The topological polar surface area (TPSA) is 55.8 Å². The molecule has 0 amide bonds. The Morgan fingerprint density at radius 2 is 1.59 bits per heavy atom. The fourth-order valence-corrected chi connectivity index (χ4v) is 4.07. The number of halogens is 1. The van der Waals surface area contributed by atoms with Crippen LogP contribution >= 0.6 is 0 Å². The number of rotatable bonds is 6. The molecule has 0 bridgehead atoms. The first-order chi connectivity index (χ1) is 13.3. The third-order valence-corrected chi connectivity index (χ3v) is 6.28. The number of quaternary nitrogens is 1. The molecule has 0 saturated carbocycles. The van der Waals surface area contributed by atoms with E-state index in [2.05, 4.69) is 14.0 Å². The summed E-state index contributed by atoms with van der Waals surface area (Å²) in [7, 11) is 5.37. The van der Waals surface area contributed by atoms with Gasteiger partial charge in [0.1, 0.15) is 23.0 Å². The lowest BCUT2D eigenvalue weighted by molar-refractivity contribution is -0.917. The zero-order valence-electron chi connectivity index (χ0n) is 17.5. The fourth-order valence-electron chi connectivity index (χ4n) is 4.07. The molecular weight excluding hydrogens is 434 g/mol. The minimum Gasteiger partial charge on any atom is -1.00 e. The van der Waals surface area contributed by atoms with Gasteiger partial charge in [0, 0.05) is 12.0 Å². The van der Waals surface area contributed by atoms with Gasteiger partial charge in [-0.15, -0.1) is 0 Å². The number of ether oxygens (including phenoxy) is 2. The largest absolute Gasteiger partial charge is 1.00 e. The lowest BCUT2D eigenvalue weighted by atomic mass is 9.72. The molecule has 1 aliphatic rings. The first kappa shape index (κ1) is 23.4. The van der Waals surface area contributed by atoms with Crippen molar-refractivity contribution in [3.8, 4) is 11.5 Å². The maximum Gasteiger partial charge on any atom is 0.174 e. The fraction of sp³-hybridized carbons (Fsp3) is 0.435. The number of piperidine rings is 1. The van der Waals surface area contributed by atoms with Crippen molar-refractivity contribution < 1.29 is 40.8 Å². The van der Waals surface area contributed by atoms with E-state index in [1.165, 1.54) is 0 Å². The summed E-state index contributed by atoms with van der Waals surface area (Å²) in [5.74, 6) is 0.890. The van der Waals surface area contributed by atoms with Gasteiger partial charge in [-0.2, -0.15) is 0 Å². The minimum atomic E-state index is -1.20. The molecule has 2 aromatic carbocycles. The Hall–Kier alpha value is -1.89. The van der Waals surface area contributed by atoms with E-state index >= 15 is 0 Å². The van der Waals surface area contributed by atoms with Crippen molar-refractivity contribution >= 4 is 5.78 Å². The van der Waals surface area contributed by atoms with Crippen molar-refractivity contribution in [3.63, 3.8) is 0 Å². The highest BCUT2D eigenvalue weighted by Crippen LogP contribution is 2.41. The first-order valence-corrected chi connectivity index (χ1v) is 9.74. The molecule has 3 rings (SSSR count). The van der Waals surface area contributed by atoms with Crippen LogP contribution in [0.1, 0.15) is 29.3 Å². The Morgan fingerprint density at radius 3 is 2.07 bits per heavy atom. The number of nitrogens with zero attached hydrogens (tertiary/aromatic N) is 1. The summed E-state index contributed by atoms with van der Waals surface area (Å²) in [5.41, 5.74) is 0.167. The molecule has 0 aliphatic carbocycles. The highest BCUT2D eigenvalue weighted by Gasteiger charge is 2.51. The van der Waals surface area contributed by atoms with Crippen molar-refractivity contribution in [2.75, 3.05) is 40.9 Å². The number of hydrogen-bond donors (Lipinski definition) is 1. The summed E-state index contributed by atoms with van der Waals surface area (Å²) in [4.78, 5) is 13.5. The number of carbonyl (C=O) groups is 1. The second-order valence-corrected chi connectivity index (χ2v) is 7.89. The van der Waals surface area contributed by atoms with E-state index in [1.807, 2.05) is 24.3 Å². The molecule has 5 nitrogen and oxygen atoms in total. The van der Waals surface area contributed by atoms with E-state index in [-0.39, 0.29) is 22.8 Å². The highest BCUT2D eigenvalue weighted by molar-refractivity contribution is 5.99. The number of aliphatic hydroxyl groups is 1. The average molecular weight is 464 g/mol. The van der Waals surface area contributed by atoms with Gasteiger partial charge < -0.3 is 36.0 Å². The molecule has 0 aromatic heterocycles. The van der Waals surface area contributed by atoms with Crippen LogP contribution in [0.2, 0.25) is 0 Å². The highest BCUT2D eigenvalue weighted by atomic mass is 79.9. The summed E-state index contributed by atoms with van der Waals surface area (Å²) in [5, 5.41) is 11.7. The van der Waals surface area contributed by atoms with Crippen molar-refractivity contribution in [1.29, 1.82) is 0 Å². The van der Waals surface area contributed by atoms with Gasteiger partial charge in [-0.05, 0) is 48.9 Å². The number of Topliss-reactive ketones (excluding diaryl/α,β-unsaturated/α-hetero) is 1. The Bertz CT molecular complexity index is 824. The van der Waals surface area contributed by atoms with E-state index < -0.39 is 11.5 Å². The van der Waals surface area contributed by atoms with E-state index in [0.717, 1.165) is 28.9 Å². The second kappa shape index (κ2) is 9.28. The summed E-state index contributed by atoms with van der Waals surface area (Å²) >= 11 is 0. The van der Waals surface area contributed by atoms with Gasteiger partial charge in [0.2, 0.25) is 0 Å². The maximum absolute atomic E-state index is 13.5. The van der Waals surface area contributed by atoms with Crippen LogP contribution in [0, 0.1) is 5.92 Å². The Kier molecular flexibility index (Phi) is 7.49. The monoisotopic (exact) mass is 463 g/mol. The molecule has 1 heterocycles. The van der Waals surface area contributed by atoms with Crippen LogP contribution in [0.25, 0.3) is 0 Å². The second-order valence-electron chi connectivity index (χ2n) is 7.89. The van der Waals surface area contributed by atoms with Gasteiger partial charge in [-0.1, -0.05) is 12.1 Å². The van der Waals surface area contributed by atoms with E-state index in [0.29, 0.717) is 24.3 Å². The Morgan fingerprint density at radius 1 is 1.07 bits per heavy atom. The van der Waals surface area contributed by atoms with Crippen LogP contribution in [-0.4, -0.2) is 56.3 Å². The predicted octanol–water partition coefficient (Wildman–Crippen LogP) is 0.265. The third-order valence-electron chi connectivity index (χ3n) is 6.28. The molecule has 1 fully saturated rings. The molecule has 6 heteroatoms. The van der Waals surface area contributed by atoms with E-state index in [9.17, 15) is 9.90 Å². The van der Waals surface area contributed by atoms with Gasteiger partial charge in [-0.3, -0.25) is 4.79 Å². The first-order valence-electron chi connectivity index (χ1n) is 9.74. The van der Waals surface area contributed by atoms with Gasteiger partial charge in [-0.25, -0.2) is 0 Å². The zero-order chi connectivity index (χ0) is 20.4. The van der Waals surface area contributed by atoms with Crippen LogP contribution in [0.4, 0.5) is 0 Å². The number of likely N-dealkylation sites (tertiary alicyclic amines) is 1. The minimum absolute atomic E-state index is 0. The summed E-state index contributed by atoms with van der Waals surface area (Å²) in [6.45, 7) is 4.48. The molecule has 1 aliphatic heterocycles. The summed E-state index contributed by atoms with van der Waals surface area (Å²) in [6.07, 6.45) is 0.538. The molecular formula is C23H30BrNO4. The number of hydrogen-bond acceptors (Lipinski definition) is 4. The van der Waals surface area contributed by atoms with Crippen LogP contribution in [0.5, 0.6) is 11.5 Å². The molecule has 0 spiro atoms. The van der Waals surface area contributed by atoms with Gasteiger partial charge in [0.15, 0.2) is 5.78 Å². The summed E-state index contributed by atoms with van der Waals surface area (Å²) < 4.78 is 11.2. The van der Waals surface area contributed by atoms with Gasteiger partial charge >= 0.3 is 0 Å². The van der Waals surface area contributed by atoms with Gasteiger partial charge in [0.25, 0.3) is 0 Å². The van der Waals surface area contributed by atoms with Crippen molar-refractivity contribution in [1.82, 2.24) is 0 Å². The number of benzene rings is 2. The predicted molar refractivity (Wildman–Crippen MR) is 109 cm³/mol. The lowest BCUT2D eigenvalue weighted by Gasteiger charge is -2.48. The molecule has 2 aromatic rings. The van der Waals surface area contributed by atoms with E-state index in [4.69, 9.17) is 9.47 Å². The van der Waals surface area contributed by atoms with Crippen LogP contribution in [0.3, 0.4) is 0 Å². The van der Waals surface area contributed by atoms with Crippen LogP contribution in [-0.2, 0) is 5.60 Å². The molecule has 0 radical (unpaired) electrons. The molecule has 158 valence electrons. The molecule has 1 saturated heterocycles. The molecule has 3 atom stereocenters. The van der Waals surface area contributed by atoms with Crippen LogP contribution < -0.4 is 26.5 Å². The summed E-state index contributed by atoms with van der Waals surface area (Å²) in [6, 6.07) is 14.5. The van der Waals surface area contributed by atoms with Crippen molar-refractivity contribution in [2.24, 2.45) is 5.92 Å². The Balaban J connectivity index is 0.00000300. The smallest absolute Gasteiger partial charge is 0.174 e. The standard InChI is InChI=1S/C23H30NO4.BrH/c1-5-24(2)15-14-23(26,18-8-12-20(28-4)13-9-18)21(16-24)22(25)17-6-10-19(27-3)11-7-17;/h6-13,21,26H,5,14-16H2,1-4H3;1H/q+1;/p-1/t21-,23+,24?;/m0./s1. The van der Waals surface area contributed by atoms with Gasteiger partial charge in [0.05, 0.1) is 40.9 Å². The van der Waals surface area contributed by atoms with Crippen molar-refractivity contribution in [2.45, 2.75) is 18.9 Å². The van der Waals surface area contributed by atoms with Crippen molar-refractivity contribution in [3.05, 3.63) is 59.7 Å². The maximum atomic E-state index is 13.5. The lowest BCUT2D eigenvalue weighted by Crippen LogP contribution is -3.00. The third kappa shape index (κ3) is 4.65. The quantitative estimate of drug-likeness (QED) is 0.493.